The summed E-state index contributed by atoms with van der Waals surface area (Å²) in [5, 5.41) is 33.6. The molecule has 6 N–H and O–H groups in total. The number of aliphatic hydroxyl groups is 2. The van der Waals surface area contributed by atoms with Crippen LogP contribution in [0.25, 0.3) is 0 Å². The second-order valence-electron chi connectivity index (χ2n) is 4.82. The maximum absolute atomic E-state index is 9.40. The SMILES string of the molecule is CCC(CO)(CO)NCc1ccc(/C(N)=N/O)c(OC)c1. The number of rotatable bonds is 8. The molecule has 7 heteroatoms. The molecule has 21 heavy (non-hydrogen) atoms. The molecule has 0 amide bonds. The third kappa shape index (κ3) is 4.07. The van der Waals surface area contributed by atoms with Gasteiger partial charge in [-0.1, -0.05) is 18.1 Å². The summed E-state index contributed by atoms with van der Waals surface area (Å²) in [7, 11) is 1.50. The van der Waals surface area contributed by atoms with Crippen LogP contribution >= 0.6 is 0 Å². The Kier molecular flexibility index (Phi) is 6.41. The van der Waals surface area contributed by atoms with E-state index in [1.54, 1.807) is 18.2 Å². The standard InChI is InChI=1S/C14H23N3O4/c1-3-14(8-18,9-19)16-7-10-4-5-11(13(15)17-20)12(6-10)21-2/h4-6,16,18-20H,3,7-9H2,1-2H3,(H2,15,17). The van der Waals surface area contributed by atoms with E-state index in [9.17, 15) is 10.2 Å². The first-order valence-electron chi connectivity index (χ1n) is 6.67. The minimum Gasteiger partial charge on any atom is -0.496 e. The summed E-state index contributed by atoms with van der Waals surface area (Å²) in [6.45, 7) is 2.03. The zero-order valence-electron chi connectivity index (χ0n) is 12.3. The molecule has 0 bridgehead atoms. The Morgan fingerprint density at radius 1 is 1.38 bits per heavy atom. The van der Waals surface area contributed by atoms with Gasteiger partial charge < -0.3 is 31.2 Å². The lowest BCUT2D eigenvalue weighted by Gasteiger charge is -2.30. The number of hydrogen-bond acceptors (Lipinski definition) is 6. The lowest BCUT2D eigenvalue weighted by molar-refractivity contribution is 0.0864. The molecule has 0 aliphatic heterocycles. The van der Waals surface area contributed by atoms with Gasteiger partial charge in [0.25, 0.3) is 0 Å². The molecule has 0 spiro atoms. The van der Waals surface area contributed by atoms with Crippen molar-refractivity contribution in [3.63, 3.8) is 0 Å². The molecule has 1 aromatic rings. The Bertz CT molecular complexity index is 479. The van der Waals surface area contributed by atoms with Crippen molar-refractivity contribution in [1.82, 2.24) is 5.32 Å². The fraction of sp³-hybridized carbons (Fsp3) is 0.500. The van der Waals surface area contributed by atoms with Gasteiger partial charge in [0, 0.05) is 6.54 Å². The fourth-order valence-corrected chi connectivity index (χ4v) is 1.91. The van der Waals surface area contributed by atoms with Crippen molar-refractivity contribution in [3.8, 4) is 5.75 Å². The van der Waals surface area contributed by atoms with Crippen LogP contribution in [0.3, 0.4) is 0 Å². The van der Waals surface area contributed by atoms with Crippen LogP contribution < -0.4 is 15.8 Å². The van der Waals surface area contributed by atoms with Crippen LogP contribution in [0.4, 0.5) is 0 Å². The minimum atomic E-state index is -0.711. The Morgan fingerprint density at radius 3 is 2.52 bits per heavy atom. The number of nitrogens with zero attached hydrogens (tertiary/aromatic N) is 1. The van der Waals surface area contributed by atoms with E-state index in [1.165, 1.54) is 7.11 Å². The molecule has 0 fully saturated rings. The molecule has 0 aliphatic carbocycles. The first-order valence-corrected chi connectivity index (χ1v) is 6.67. The summed E-state index contributed by atoms with van der Waals surface area (Å²) < 4.78 is 5.22. The molecule has 0 aliphatic rings. The number of amidine groups is 1. The van der Waals surface area contributed by atoms with Crippen molar-refractivity contribution < 1.29 is 20.2 Å². The normalized spacial score (nSPS) is 12.5. The first-order chi connectivity index (χ1) is 10.1. The molecule has 0 saturated heterocycles. The van der Waals surface area contributed by atoms with Crippen LogP contribution in [0.5, 0.6) is 5.75 Å². The molecule has 0 heterocycles. The highest BCUT2D eigenvalue weighted by atomic mass is 16.5. The summed E-state index contributed by atoms with van der Waals surface area (Å²) in [5.41, 5.74) is 6.24. The average Bonchev–Trinajstić information content (AvgIpc) is 2.55. The van der Waals surface area contributed by atoms with Crippen molar-refractivity contribution in [2.75, 3.05) is 20.3 Å². The molecule has 0 saturated carbocycles. The van der Waals surface area contributed by atoms with Crippen molar-refractivity contribution in [1.29, 1.82) is 0 Å². The van der Waals surface area contributed by atoms with Gasteiger partial charge in [-0.05, 0) is 24.1 Å². The molecule has 0 radical (unpaired) electrons. The second-order valence-corrected chi connectivity index (χ2v) is 4.82. The first kappa shape index (κ1) is 17.2. The van der Waals surface area contributed by atoms with E-state index < -0.39 is 5.54 Å². The summed E-state index contributed by atoms with van der Waals surface area (Å²) in [5.74, 6) is 0.458. The fourth-order valence-electron chi connectivity index (χ4n) is 1.91. The number of nitrogens with two attached hydrogens (primary N) is 1. The molecular weight excluding hydrogens is 274 g/mol. The zero-order valence-corrected chi connectivity index (χ0v) is 12.3. The number of ether oxygens (including phenoxy) is 1. The number of hydrogen-bond donors (Lipinski definition) is 5. The van der Waals surface area contributed by atoms with Gasteiger partial charge in [-0.15, -0.1) is 0 Å². The van der Waals surface area contributed by atoms with Crippen molar-refractivity contribution in [2.45, 2.75) is 25.4 Å². The number of oxime groups is 1. The van der Waals surface area contributed by atoms with Gasteiger partial charge in [-0.2, -0.15) is 0 Å². The van der Waals surface area contributed by atoms with Gasteiger partial charge in [-0.25, -0.2) is 0 Å². The minimum absolute atomic E-state index is 0.0278. The summed E-state index contributed by atoms with van der Waals surface area (Å²) in [6, 6.07) is 5.25. The van der Waals surface area contributed by atoms with E-state index in [-0.39, 0.29) is 19.0 Å². The molecule has 118 valence electrons. The smallest absolute Gasteiger partial charge is 0.173 e. The van der Waals surface area contributed by atoms with E-state index in [1.807, 2.05) is 6.92 Å². The predicted molar refractivity (Wildman–Crippen MR) is 79.5 cm³/mol. The Balaban J connectivity index is 2.91. The van der Waals surface area contributed by atoms with Crippen LogP contribution in [-0.4, -0.2) is 47.1 Å². The third-order valence-electron chi connectivity index (χ3n) is 3.60. The van der Waals surface area contributed by atoms with E-state index in [0.717, 1.165) is 5.56 Å². The van der Waals surface area contributed by atoms with Gasteiger partial charge in [0.15, 0.2) is 5.84 Å². The lowest BCUT2D eigenvalue weighted by Crippen LogP contribution is -2.50. The van der Waals surface area contributed by atoms with Crippen LogP contribution in [0.1, 0.15) is 24.5 Å². The van der Waals surface area contributed by atoms with Crippen molar-refractivity contribution in [2.24, 2.45) is 10.9 Å². The van der Waals surface area contributed by atoms with E-state index in [2.05, 4.69) is 10.5 Å². The van der Waals surface area contributed by atoms with Gasteiger partial charge in [0.05, 0.1) is 31.4 Å². The summed E-state index contributed by atoms with van der Waals surface area (Å²) in [4.78, 5) is 0. The largest absolute Gasteiger partial charge is 0.496 e. The predicted octanol–water partition coefficient (Wildman–Crippen LogP) is 0.0127. The summed E-state index contributed by atoms with van der Waals surface area (Å²) in [6.07, 6.45) is 0.597. The number of methoxy groups -OCH3 is 1. The van der Waals surface area contributed by atoms with Crippen molar-refractivity contribution >= 4 is 5.84 Å². The Hall–Kier alpha value is -1.83. The highest BCUT2D eigenvalue weighted by Crippen LogP contribution is 2.21. The van der Waals surface area contributed by atoms with Gasteiger partial charge >= 0.3 is 0 Å². The second kappa shape index (κ2) is 7.82. The molecule has 0 aromatic heterocycles. The maximum atomic E-state index is 9.40. The lowest BCUT2D eigenvalue weighted by atomic mass is 9.98. The van der Waals surface area contributed by atoms with Crippen LogP contribution in [0, 0.1) is 0 Å². The van der Waals surface area contributed by atoms with E-state index >= 15 is 0 Å². The van der Waals surface area contributed by atoms with Crippen LogP contribution in [0.15, 0.2) is 23.4 Å². The van der Waals surface area contributed by atoms with Gasteiger partial charge in [0.2, 0.25) is 0 Å². The molecule has 7 nitrogen and oxygen atoms in total. The number of benzene rings is 1. The Labute approximate surface area is 124 Å². The third-order valence-corrected chi connectivity index (χ3v) is 3.60. The molecular formula is C14H23N3O4. The monoisotopic (exact) mass is 297 g/mol. The van der Waals surface area contributed by atoms with Crippen LogP contribution in [0.2, 0.25) is 0 Å². The number of aliphatic hydroxyl groups excluding tert-OH is 2. The molecule has 1 aromatic carbocycles. The average molecular weight is 297 g/mol. The molecule has 0 atom stereocenters. The van der Waals surface area contributed by atoms with E-state index in [4.69, 9.17) is 15.7 Å². The quantitative estimate of drug-likeness (QED) is 0.199. The highest BCUT2D eigenvalue weighted by molar-refractivity contribution is 5.99. The van der Waals surface area contributed by atoms with Crippen molar-refractivity contribution in [3.05, 3.63) is 29.3 Å². The number of nitrogens with one attached hydrogen (secondary N) is 1. The van der Waals surface area contributed by atoms with E-state index in [0.29, 0.717) is 24.3 Å². The van der Waals surface area contributed by atoms with Gasteiger partial charge in [-0.3, -0.25) is 0 Å². The topological polar surface area (TPSA) is 120 Å². The molecule has 1 rings (SSSR count). The van der Waals surface area contributed by atoms with Gasteiger partial charge in [0.1, 0.15) is 5.75 Å². The molecule has 0 unspecified atom stereocenters. The van der Waals surface area contributed by atoms with Crippen LogP contribution in [-0.2, 0) is 6.54 Å². The summed E-state index contributed by atoms with van der Waals surface area (Å²) >= 11 is 0. The Morgan fingerprint density at radius 2 is 2.05 bits per heavy atom. The zero-order chi connectivity index (χ0) is 15.9. The maximum Gasteiger partial charge on any atom is 0.173 e. The highest BCUT2D eigenvalue weighted by Gasteiger charge is 2.25.